The SMILES string of the molecule is O=C(Cc1noc2ccccc12)N1CCC[C@@H](n2cnc3ccccc3c2=O)C1. The molecule has 1 aliphatic rings. The Bertz CT molecular complexity index is 1260. The number of carbonyl (C=O) groups excluding carboxylic acids is 1. The summed E-state index contributed by atoms with van der Waals surface area (Å²) < 4.78 is 6.98. The molecular formula is C22H20N4O3. The number of hydrogen-bond acceptors (Lipinski definition) is 5. The second kappa shape index (κ2) is 7.16. The van der Waals surface area contributed by atoms with Crippen molar-refractivity contribution in [1.29, 1.82) is 0 Å². The molecule has 2 aromatic heterocycles. The van der Waals surface area contributed by atoms with Crippen molar-refractivity contribution in [3.8, 4) is 0 Å². The molecular weight excluding hydrogens is 368 g/mol. The lowest BCUT2D eigenvalue weighted by Crippen LogP contribution is -2.43. The minimum Gasteiger partial charge on any atom is -0.356 e. The van der Waals surface area contributed by atoms with Gasteiger partial charge in [-0.05, 0) is 37.1 Å². The van der Waals surface area contributed by atoms with Gasteiger partial charge in [0.15, 0.2) is 5.58 Å². The second-order valence-corrected chi connectivity index (χ2v) is 7.41. The van der Waals surface area contributed by atoms with E-state index in [0.29, 0.717) is 35.3 Å². The van der Waals surface area contributed by atoms with Crippen molar-refractivity contribution in [2.45, 2.75) is 25.3 Å². The molecule has 0 N–H and O–H groups in total. The first kappa shape index (κ1) is 17.6. The number of fused-ring (bicyclic) bond motifs is 2. The summed E-state index contributed by atoms with van der Waals surface area (Å²) in [6.07, 6.45) is 3.48. The maximum Gasteiger partial charge on any atom is 0.261 e. The summed E-state index contributed by atoms with van der Waals surface area (Å²) in [5, 5.41) is 5.54. The summed E-state index contributed by atoms with van der Waals surface area (Å²) in [5.74, 6) is -0.00412. The number of carbonyl (C=O) groups is 1. The summed E-state index contributed by atoms with van der Waals surface area (Å²) in [4.78, 5) is 32.1. The van der Waals surface area contributed by atoms with E-state index in [4.69, 9.17) is 4.52 Å². The Morgan fingerprint density at radius 1 is 1.10 bits per heavy atom. The highest BCUT2D eigenvalue weighted by Gasteiger charge is 2.27. The quantitative estimate of drug-likeness (QED) is 0.539. The molecule has 0 unspecified atom stereocenters. The zero-order valence-electron chi connectivity index (χ0n) is 15.8. The van der Waals surface area contributed by atoms with Gasteiger partial charge in [-0.1, -0.05) is 29.4 Å². The molecule has 1 saturated heterocycles. The third-order valence-corrected chi connectivity index (χ3v) is 5.60. The molecule has 0 bridgehead atoms. The first-order valence-corrected chi connectivity index (χ1v) is 9.77. The van der Waals surface area contributed by atoms with E-state index in [1.54, 1.807) is 17.0 Å². The number of para-hydroxylation sites is 2. The van der Waals surface area contributed by atoms with Crippen molar-refractivity contribution < 1.29 is 9.32 Å². The molecule has 146 valence electrons. The number of benzene rings is 2. The molecule has 1 atom stereocenters. The number of nitrogens with zero attached hydrogens (tertiary/aromatic N) is 4. The number of aromatic nitrogens is 3. The van der Waals surface area contributed by atoms with Gasteiger partial charge < -0.3 is 9.42 Å². The van der Waals surface area contributed by atoms with Gasteiger partial charge in [-0.3, -0.25) is 14.2 Å². The van der Waals surface area contributed by atoms with Gasteiger partial charge in [0, 0.05) is 18.5 Å². The van der Waals surface area contributed by atoms with Crippen molar-refractivity contribution >= 4 is 27.8 Å². The number of rotatable bonds is 3. The van der Waals surface area contributed by atoms with Gasteiger partial charge in [-0.2, -0.15) is 0 Å². The van der Waals surface area contributed by atoms with E-state index in [0.717, 1.165) is 18.2 Å². The van der Waals surface area contributed by atoms with E-state index in [2.05, 4.69) is 10.1 Å². The average molecular weight is 388 g/mol. The predicted molar refractivity (Wildman–Crippen MR) is 109 cm³/mol. The van der Waals surface area contributed by atoms with Crippen LogP contribution in [-0.4, -0.2) is 38.6 Å². The second-order valence-electron chi connectivity index (χ2n) is 7.41. The van der Waals surface area contributed by atoms with Crippen LogP contribution in [0.15, 0.2) is 64.2 Å². The van der Waals surface area contributed by atoms with Crippen molar-refractivity contribution in [2.24, 2.45) is 0 Å². The van der Waals surface area contributed by atoms with Crippen LogP contribution in [0.2, 0.25) is 0 Å². The van der Waals surface area contributed by atoms with Crippen LogP contribution in [0, 0.1) is 0 Å². The van der Waals surface area contributed by atoms with Gasteiger partial charge in [0.25, 0.3) is 5.56 Å². The minimum absolute atomic E-state index is 0.00412. The van der Waals surface area contributed by atoms with E-state index in [9.17, 15) is 9.59 Å². The summed E-state index contributed by atoms with van der Waals surface area (Å²) in [6.45, 7) is 1.18. The first-order chi connectivity index (χ1) is 14.2. The Hall–Kier alpha value is -3.48. The van der Waals surface area contributed by atoms with E-state index < -0.39 is 0 Å². The topological polar surface area (TPSA) is 81.2 Å². The monoisotopic (exact) mass is 388 g/mol. The Labute approximate surface area is 166 Å². The number of hydrogen-bond donors (Lipinski definition) is 0. The normalized spacial score (nSPS) is 17.1. The number of piperidine rings is 1. The largest absolute Gasteiger partial charge is 0.356 e. The van der Waals surface area contributed by atoms with E-state index in [1.165, 1.54) is 0 Å². The van der Waals surface area contributed by atoms with Crippen LogP contribution >= 0.6 is 0 Å². The third-order valence-electron chi connectivity index (χ3n) is 5.60. The van der Waals surface area contributed by atoms with Gasteiger partial charge in [0.1, 0.15) is 5.69 Å². The molecule has 7 nitrogen and oxygen atoms in total. The third kappa shape index (κ3) is 3.18. The summed E-state index contributed by atoms with van der Waals surface area (Å²) in [6, 6.07) is 14.8. The lowest BCUT2D eigenvalue weighted by molar-refractivity contribution is -0.132. The van der Waals surface area contributed by atoms with Crippen LogP contribution < -0.4 is 5.56 Å². The van der Waals surface area contributed by atoms with Crippen molar-refractivity contribution in [2.75, 3.05) is 13.1 Å². The molecule has 4 aromatic rings. The van der Waals surface area contributed by atoms with E-state index in [1.807, 2.05) is 47.4 Å². The van der Waals surface area contributed by atoms with Gasteiger partial charge >= 0.3 is 0 Å². The highest BCUT2D eigenvalue weighted by atomic mass is 16.5. The fraction of sp³-hybridized carbons (Fsp3) is 0.273. The smallest absolute Gasteiger partial charge is 0.261 e. The number of amides is 1. The highest BCUT2D eigenvalue weighted by molar-refractivity contribution is 5.86. The molecule has 2 aromatic carbocycles. The molecule has 29 heavy (non-hydrogen) atoms. The first-order valence-electron chi connectivity index (χ1n) is 9.77. The predicted octanol–water partition coefficient (Wildman–Crippen LogP) is 2.94. The van der Waals surface area contributed by atoms with Crippen LogP contribution in [0.4, 0.5) is 0 Å². The van der Waals surface area contributed by atoms with Crippen LogP contribution in [0.25, 0.3) is 21.9 Å². The van der Waals surface area contributed by atoms with Gasteiger partial charge in [0.2, 0.25) is 5.91 Å². The molecule has 1 aliphatic heterocycles. The molecule has 7 heteroatoms. The summed E-state index contributed by atoms with van der Waals surface area (Å²) in [5.41, 5.74) is 1.96. The van der Waals surface area contributed by atoms with Gasteiger partial charge in [-0.15, -0.1) is 0 Å². The van der Waals surface area contributed by atoms with Crippen molar-refractivity contribution in [3.63, 3.8) is 0 Å². The molecule has 0 saturated carbocycles. The Morgan fingerprint density at radius 3 is 2.79 bits per heavy atom. The standard InChI is InChI=1S/C22H20N4O3/c27-21(12-19-16-7-2-4-10-20(16)29-24-19)25-11-5-6-15(13-25)26-14-23-18-9-3-1-8-17(18)22(26)28/h1-4,7-10,14-15H,5-6,11-13H2/t15-/m1/s1. The van der Waals surface area contributed by atoms with Gasteiger partial charge in [-0.25, -0.2) is 4.98 Å². The van der Waals surface area contributed by atoms with Crippen LogP contribution in [-0.2, 0) is 11.2 Å². The van der Waals surface area contributed by atoms with Crippen LogP contribution in [0.1, 0.15) is 24.6 Å². The van der Waals surface area contributed by atoms with Crippen molar-refractivity contribution in [3.05, 3.63) is 70.9 Å². The lowest BCUT2D eigenvalue weighted by Gasteiger charge is -2.33. The minimum atomic E-state index is -0.0774. The van der Waals surface area contributed by atoms with Crippen LogP contribution in [0.5, 0.6) is 0 Å². The molecule has 5 rings (SSSR count). The zero-order chi connectivity index (χ0) is 19.8. The fourth-order valence-corrected chi connectivity index (χ4v) is 4.07. The van der Waals surface area contributed by atoms with Gasteiger partial charge in [0.05, 0.1) is 29.7 Å². The highest BCUT2D eigenvalue weighted by Crippen LogP contribution is 2.23. The molecule has 0 radical (unpaired) electrons. The Balaban J connectivity index is 1.37. The summed E-state index contributed by atoms with van der Waals surface area (Å²) in [7, 11) is 0. The fourth-order valence-electron chi connectivity index (χ4n) is 4.07. The van der Waals surface area contributed by atoms with E-state index in [-0.39, 0.29) is 23.9 Å². The van der Waals surface area contributed by atoms with Crippen LogP contribution in [0.3, 0.4) is 0 Å². The summed E-state index contributed by atoms with van der Waals surface area (Å²) >= 11 is 0. The van der Waals surface area contributed by atoms with Crippen molar-refractivity contribution in [1.82, 2.24) is 19.6 Å². The number of likely N-dealkylation sites (tertiary alicyclic amines) is 1. The zero-order valence-corrected chi connectivity index (χ0v) is 15.8. The molecule has 0 aliphatic carbocycles. The molecule has 1 fully saturated rings. The maximum absolute atomic E-state index is 12.9. The lowest BCUT2D eigenvalue weighted by atomic mass is 10.0. The molecule has 1 amide bonds. The Morgan fingerprint density at radius 2 is 1.90 bits per heavy atom. The molecule has 0 spiro atoms. The van der Waals surface area contributed by atoms with E-state index >= 15 is 0 Å². The average Bonchev–Trinajstić information content (AvgIpc) is 3.17. The Kier molecular flexibility index (Phi) is 4.35. The molecule has 3 heterocycles. The maximum atomic E-state index is 12.9.